The normalized spacial score (nSPS) is 19.2. The first-order valence-corrected chi connectivity index (χ1v) is 10.4. The number of guanidine groups is 1. The summed E-state index contributed by atoms with van der Waals surface area (Å²) < 4.78 is 27.9. The van der Waals surface area contributed by atoms with E-state index in [1.807, 2.05) is 11.8 Å². The molecule has 1 aliphatic rings. The fourth-order valence-corrected chi connectivity index (χ4v) is 2.73. The predicted molar refractivity (Wildman–Crippen MR) is 111 cm³/mol. The number of hydrogen-bond donors (Lipinski definition) is 1. The summed E-state index contributed by atoms with van der Waals surface area (Å²) in [4.78, 5) is 18.5. The second-order valence-electron chi connectivity index (χ2n) is 6.74. The number of esters is 1. The molecule has 0 bridgehead atoms. The Bertz CT molecular complexity index is 564. The molecule has 1 heterocycles. The summed E-state index contributed by atoms with van der Waals surface area (Å²) in [6.07, 6.45) is 2.92. The van der Waals surface area contributed by atoms with Gasteiger partial charge in [0.25, 0.3) is 0 Å². The molecule has 148 valence electrons. The molecule has 9 heteroatoms. The molecule has 0 aromatic rings. The van der Waals surface area contributed by atoms with Gasteiger partial charge in [0.1, 0.15) is 0 Å². The fourth-order valence-electron chi connectivity index (χ4n) is 2.43. The summed E-state index contributed by atoms with van der Waals surface area (Å²) >= 11 is 0. The van der Waals surface area contributed by atoms with Gasteiger partial charge in [0.05, 0.1) is 23.8 Å². The van der Waals surface area contributed by atoms with Crippen molar-refractivity contribution in [3.8, 4) is 0 Å². The van der Waals surface area contributed by atoms with E-state index in [1.165, 1.54) is 6.26 Å². The highest BCUT2D eigenvalue weighted by atomic mass is 127. The molecule has 0 aromatic heterocycles. The first kappa shape index (κ1) is 24.4. The van der Waals surface area contributed by atoms with Crippen LogP contribution in [0, 0.1) is 5.92 Å². The second-order valence-corrected chi connectivity index (χ2v) is 9.39. The van der Waals surface area contributed by atoms with Gasteiger partial charge in [-0.2, -0.15) is 0 Å². The van der Waals surface area contributed by atoms with Gasteiger partial charge in [0.2, 0.25) is 0 Å². The Kier molecular flexibility index (Phi) is 10.3. The van der Waals surface area contributed by atoms with Crippen molar-refractivity contribution < 1.29 is 17.9 Å². The summed E-state index contributed by atoms with van der Waals surface area (Å²) in [6, 6.07) is 0. The van der Waals surface area contributed by atoms with Gasteiger partial charge in [0, 0.05) is 25.9 Å². The van der Waals surface area contributed by atoms with Crippen LogP contribution in [0.5, 0.6) is 0 Å². The quantitative estimate of drug-likeness (QED) is 0.264. The van der Waals surface area contributed by atoms with Gasteiger partial charge >= 0.3 is 5.97 Å². The van der Waals surface area contributed by atoms with Crippen molar-refractivity contribution in [3.63, 3.8) is 0 Å². The van der Waals surface area contributed by atoms with Gasteiger partial charge in [0.15, 0.2) is 15.8 Å². The molecule has 0 aromatic carbocycles. The van der Waals surface area contributed by atoms with E-state index in [2.05, 4.69) is 10.3 Å². The highest BCUT2D eigenvalue weighted by molar-refractivity contribution is 14.0. The largest absolute Gasteiger partial charge is 0.466 e. The number of rotatable bonds is 6. The highest BCUT2D eigenvalue weighted by Crippen LogP contribution is 2.19. The molecule has 1 atom stereocenters. The van der Waals surface area contributed by atoms with E-state index in [-0.39, 0.29) is 42.4 Å². The number of carbonyl (C=O) groups excluding carboxylic acids is 1. The third-order valence-corrected chi connectivity index (χ3v) is 6.43. The molecule has 0 saturated carbocycles. The van der Waals surface area contributed by atoms with Gasteiger partial charge in [-0.15, -0.1) is 24.0 Å². The molecule has 0 spiro atoms. The number of sulfone groups is 1. The SMILES string of the molecule is CCNC(=NCC(C)(C)S(C)(=O)=O)N1CCC[C@@H](C(=O)OCC)C1.I. The molecule has 0 amide bonds. The highest BCUT2D eigenvalue weighted by Gasteiger charge is 2.32. The summed E-state index contributed by atoms with van der Waals surface area (Å²) in [6.45, 7) is 9.69. The first-order valence-electron chi connectivity index (χ1n) is 8.52. The zero-order valence-electron chi connectivity index (χ0n) is 15.9. The Labute approximate surface area is 168 Å². The fraction of sp³-hybridized carbons (Fsp3) is 0.875. The smallest absolute Gasteiger partial charge is 0.310 e. The second kappa shape index (κ2) is 10.5. The van der Waals surface area contributed by atoms with Crippen LogP contribution in [0.25, 0.3) is 0 Å². The molecule has 0 aliphatic carbocycles. The van der Waals surface area contributed by atoms with Gasteiger partial charge in [-0.1, -0.05) is 0 Å². The predicted octanol–water partition coefficient (Wildman–Crippen LogP) is 1.67. The van der Waals surface area contributed by atoms with Crippen LogP contribution in [0.15, 0.2) is 4.99 Å². The molecule has 25 heavy (non-hydrogen) atoms. The Morgan fingerprint density at radius 2 is 2.00 bits per heavy atom. The Morgan fingerprint density at radius 1 is 1.36 bits per heavy atom. The molecular weight excluding hydrogens is 457 g/mol. The Morgan fingerprint density at radius 3 is 2.52 bits per heavy atom. The lowest BCUT2D eigenvalue weighted by atomic mass is 9.98. The zero-order chi connectivity index (χ0) is 18.4. The minimum absolute atomic E-state index is 0. The molecule has 1 aliphatic heterocycles. The molecule has 1 rings (SSSR count). The number of hydrogen-bond acceptors (Lipinski definition) is 5. The van der Waals surface area contributed by atoms with E-state index >= 15 is 0 Å². The average molecular weight is 489 g/mol. The van der Waals surface area contributed by atoms with Crippen LogP contribution in [0.3, 0.4) is 0 Å². The van der Waals surface area contributed by atoms with Crippen LogP contribution in [-0.2, 0) is 19.4 Å². The molecule has 0 unspecified atom stereocenters. The summed E-state index contributed by atoms with van der Waals surface area (Å²) in [5, 5.41) is 3.20. The standard InChI is InChI=1S/C16H31N3O4S.HI/c1-6-17-15(18-12-16(3,4)24(5,21)22)19-10-8-9-13(11-19)14(20)23-7-2;/h13H,6-12H2,1-5H3,(H,17,18);1H/t13-;/m1./s1. The molecular formula is C16H32IN3O4S. The lowest BCUT2D eigenvalue weighted by molar-refractivity contribution is -0.149. The third kappa shape index (κ3) is 7.28. The monoisotopic (exact) mass is 489 g/mol. The van der Waals surface area contributed by atoms with Crippen molar-refractivity contribution in [3.05, 3.63) is 0 Å². The van der Waals surface area contributed by atoms with Crippen LogP contribution in [0.2, 0.25) is 0 Å². The Hall–Kier alpha value is -0.580. The third-order valence-electron chi connectivity index (χ3n) is 4.29. The molecule has 0 radical (unpaired) electrons. The topological polar surface area (TPSA) is 88.1 Å². The number of likely N-dealkylation sites (tertiary alicyclic amines) is 1. The molecule has 1 saturated heterocycles. The maximum Gasteiger partial charge on any atom is 0.310 e. The van der Waals surface area contributed by atoms with Crippen LogP contribution in [0.1, 0.15) is 40.5 Å². The molecule has 1 fully saturated rings. The number of piperidine rings is 1. The van der Waals surface area contributed by atoms with Crippen LogP contribution < -0.4 is 5.32 Å². The van der Waals surface area contributed by atoms with Crippen molar-refractivity contribution in [2.45, 2.75) is 45.3 Å². The number of nitrogens with zero attached hydrogens (tertiary/aromatic N) is 2. The maximum atomic E-state index is 12.0. The van der Waals surface area contributed by atoms with Crippen molar-refractivity contribution in [1.29, 1.82) is 0 Å². The number of aliphatic imine (C=N–C) groups is 1. The van der Waals surface area contributed by atoms with Crippen molar-refractivity contribution >= 4 is 45.7 Å². The lowest BCUT2D eigenvalue weighted by Gasteiger charge is -2.34. The van der Waals surface area contributed by atoms with Crippen molar-refractivity contribution in [2.75, 3.05) is 39.0 Å². The van der Waals surface area contributed by atoms with Gasteiger partial charge < -0.3 is 15.0 Å². The Balaban J connectivity index is 0.00000576. The van der Waals surface area contributed by atoms with Crippen molar-refractivity contribution in [2.24, 2.45) is 10.9 Å². The first-order chi connectivity index (χ1) is 11.1. The van der Waals surface area contributed by atoms with Gasteiger partial charge in [-0.25, -0.2) is 8.42 Å². The van der Waals surface area contributed by atoms with E-state index in [9.17, 15) is 13.2 Å². The lowest BCUT2D eigenvalue weighted by Crippen LogP contribution is -2.49. The molecule has 1 N–H and O–H groups in total. The number of nitrogens with one attached hydrogen (secondary N) is 1. The molecule has 7 nitrogen and oxygen atoms in total. The van der Waals surface area contributed by atoms with Crippen molar-refractivity contribution in [1.82, 2.24) is 10.2 Å². The van der Waals surface area contributed by atoms with Gasteiger partial charge in [-0.05, 0) is 40.5 Å². The van der Waals surface area contributed by atoms with E-state index in [0.717, 1.165) is 19.4 Å². The zero-order valence-corrected chi connectivity index (χ0v) is 19.0. The number of halogens is 1. The summed E-state index contributed by atoms with van der Waals surface area (Å²) in [7, 11) is -3.20. The van der Waals surface area contributed by atoms with Crippen LogP contribution >= 0.6 is 24.0 Å². The van der Waals surface area contributed by atoms with E-state index in [0.29, 0.717) is 25.7 Å². The van der Waals surface area contributed by atoms with Crippen LogP contribution in [0.4, 0.5) is 0 Å². The summed E-state index contributed by atoms with van der Waals surface area (Å²) in [5.74, 6) is 0.322. The van der Waals surface area contributed by atoms with E-state index in [1.54, 1.807) is 20.8 Å². The maximum absolute atomic E-state index is 12.0. The summed E-state index contributed by atoms with van der Waals surface area (Å²) in [5.41, 5.74) is 0. The van der Waals surface area contributed by atoms with Gasteiger partial charge in [-0.3, -0.25) is 9.79 Å². The minimum Gasteiger partial charge on any atom is -0.466 e. The number of ether oxygens (including phenoxy) is 1. The minimum atomic E-state index is -3.20. The average Bonchev–Trinajstić information content (AvgIpc) is 2.50. The van der Waals surface area contributed by atoms with Crippen LogP contribution in [-0.4, -0.2) is 69.0 Å². The van der Waals surface area contributed by atoms with E-state index in [4.69, 9.17) is 4.74 Å². The number of carbonyl (C=O) groups is 1. The van der Waals surface area contributed by atoms with E-state index < -0.39 is 14.6 Å².